The first-order valence-corrected chi connectivity index (χ1v) is 11.8. The predicted octanol–water partition coefficient (Wildman–Crippen LogP) is 3.78. The monoisotopic (exact) mass is 492 g/mol. The fourth-order valence-electron chi connectivity index (χ4n) is 4.98. The largest absolute Gasteiger partial charge is 0.445 e. The number of carbonyl (C=O) groups is 3. The van der Waals surface area contributed by atoms with Crippen molar-refractivity contribution in [2.24, 2.45) is 0 Å². The number of nitrogens with zero attached hydrogens (tertiary/aromatic N) is 3. The summed E-state index contributed by atoms with van der Waals surface area (Å²) in [7, 11) is 1.38. The smallest absolute Gasteiger partial charge is 0.410 e. The van der Waals surface area contributed by atoms with E-state index in [-0.39, 0.29) is 31.9 Å². The number of likely N-dealkylation sites (N-methyl/N-ethyl adjacent to an activating group) is 1. The number of nitriles is 1. The van der Waals surface area contributed by atoms with Crippen molar-refractivity contribution in [3.05, 3.63) is 65.7 Å². The van der Waals surface area contributed by atoms with Gasteiger partial charge in [-0.05, 0) is 31.0 Å². The molecule has 2 heterocycles. The van der Waals surface area contributed by atoms with Gasteiger partial charge in [0.2, 0.25) is 11.8 Å². The third kappa shape index (κ3) is 4.76. The van der Waals surface area contributed by atoms with Crippen LogP contribution in [0, 0.1) is 11.3 Å². The molecule has 8 nitrogen and oxygen atoms in total. The van der Waals surface area contributed by atoms with E-state index in [0.29, 0.717) is 5.69 Å². The van der Waals surface area contributed by atoms with Gasteiger partial charge in [0.15, 0.2) is 0 Å². The van der Waals surface area contributed by atoms with Gasteiger partial charge in [0.05, 0.1) is 11.5 Å². The fourth-order valence-corrected chi connectivity index (χ4v) is 4.98. The van der Waals surface area contributed by atoms with Crippen molar-refractivity contribution in [1.82, 2.24) is 9.80 Å². The lowest BCUT2D eigenvalue weighted by molar-refractivity contribution is -0.137. The number of ether oxygens (including phenoxy) is 1. The summed E-state index contributed by atoms with van der Waals surface area (Å²) in [5.41, 5.74) is -0.718. The summed E-state index contributed by atoms with van der Waals surface area (Å²) in [6.45, 7) is 2.60. The highest BCUT2D eigenvalue weighted by molar-refractivity contribution is 6.07. The number of anilines is 1. The van der Waals surface area contributed by atoms with E-state index in [9.17, 15) is 24.0 Å². The summed E-state index contributed by atoms with van der Waals surface area (Å²) in [4.78, 5) is 42.1. The first-order valence-electron chi connectivity index (χ1n) is 11.8. The summed E-state index contributed by atoms with van der Waals surface area (Å²) in [6.07, 6.45) is -0.966. The van der Waals surface area contributed by atoms with E-state index in [0.717, 1.165) is 16.0 Å². The van der Waals surface area contributed by atoms with E-state index in [4.69, 9.17) is 4.74 Å². The number of rotatable bonds is 6. The lowest BCUT2D eigenvalue weighted by atomic mass is 9.80. The lowest BCUT2D eigenvalue weighted by Gasteiger charge is -2.34. The summed E-state index contributed by atoms with van der Waals surface area (Å²) < 4.78 is 20.2. The number of para-hydroxylation sites is 1. The van der Waals surface area contributed by atoms with Crippen LogP contribution in [0.25, 0.3) is 0 Å². The Bertz CT molecular complexity index is 1210. The Hall–Kier alpha value is -3.93. The van der Waals surface area contributed by atoms with Gasteiger partial charge >= 0.3 is 6.09 Å². The molecule has 3 amide bonds. The number of hydrogen-bond donors (Lipinski definition) is 1. The highest BCUT2D eigenvalue weighted by Gasteiger charge is 2.57. The molecule has 0 aliphatic carbocycles. The van der Waals surface area contributed by atoms with Crippen LogP contribution < -0.4 is 5.32 Å². The van der Waals surface area contributed by atoms with E-state index in [1.165, 1.54) is 25.8 Å². The van der Waals surface area contributed by atoms with Crippen molar-refractivity contribution in [3.8, 4) is 6.07 Å². The topological polar surface area (TPSA) is 103 Å². The molecule has 4 rings (SSSR count). The van der Waals surface area contributed by atoms with Gasteiger partial charge in [0, 0.05) is 32.1 Å². The zero-order valence-electron chi connectivity index (χ0n) is 20.5. The quantitative estimate of drug-likeness (QED) is 0.661. The van der Waals surface area contributed by atoms with Crippen LogP contribution in [-0.2, 0) is 26.3 Å². The van der Waals surface area contributed by atoms with Gasteiger partial charge in [0.1, 0.15) is 24.4 Å². The molecule has 2 aromatic rings. The Labute approximate surface area is 209 Å². The Kier molecular flexibility index (Phi) is 6.72. The number of amides is 3. The van der Waals surface area contributed by atoms with E-state index >= 15 is 0 Å². The van der Waals surface area contributed by atoms with E-state index in [1.807, 2.05) is 24.3 Å². The molecule has 1 N–H and O–H groups in total. The highest BCUT2D eigenvalue weighted by atomic mass is 19.1. The molecule has 0 saturated carbocycles. The molecular weight excluding hydrogens is 463 g/mol. The number of benzene rings is 2. The summed E-state index contributed by atoms with van der Waals surface area (Å²) in [6, 6.07) is 16.2. The number of carbonyl (C=O) groups excluding carboxylic acids is 3. The van der Waals surface area contributed by atoms with Gasteiger partial charge in [-0.3, -0.25) is 14.5 Å². The number of alkyl halides is 1. The Balaban J connectivity index is 1.58. The highest BCUT2D eigenvalue weighted by Crippen LogP contribution is 2.46. The molecule has 36 heavy (non-hydrogen) atoms. The maximum Gasteiger partial charge on any atom is 0.410 e. The average molecular weight is 493 g/mol. The maximum absolute atomic E-state index is 14.8. The van der Waals surface area contributed by atoms with Gasteiger partial charge in [-0.1, -0.05) is 48.5 Å². The fraction of sp³-hybridized carbons (Fsp3) is 0.407. The van der Waals surface area contributed by atoms with Gasteiger partial charge in [-0.2, -0.15) is 5.26 Å². The molecule has 9 heteroatoms. The Morgan fingerprint density at radius 2 is 1.92 bits per heavy atom. The minimum absolute atomic E-state index is 0.00541. The van der Waals surface area contributed by atoms with Crippen LogP contribution >= 0.6 is 0 Å². The van der Waals surface area contributed by atoms with Crippen LogP contribution in [-0.4, -0.2) is 59.1 Å². The molecule has 2 aliphatic heterocycles. The average Bonchev–Trinajstić information content (AvgIpc) is 3.38. The van der Waals surface area contributed by atoms with Crippen molar-refractivity contribution in [1.29, 1.82) is 5.26 Å². The molecule has 3 atom stereocenters. The number of nitrogens with one attached hydrogen (secondary N) is 1. The Morgan fingerprint density at radius 3 is 2.58 bits per heavy atom. The summed E-state index contributed by atoms with van der Waals surface area (Å²) in [5.74, 6) is -0.877. The van der Waals surface area contributed by atoms with Gasteiger partial charge in [0.25, 0.3) is 0 Å². The van der Waals surface area contributed by atoms with Crippen molar-refractivity contribution < 1.29 is 23.5 Å². The standard InChI is InChI=1S/C27H29FN4O4/c1-26(2,28)14-22(31(3)25(35)36-16-18-9-5-4-6-10-18)23(33)32-17-27(13-19(32)15-29)20-11-7-8-12-21(20)30-24(27)34/h4-12,19,22H,13-14,16-17H2,1-3H3,(H,30,34)/t19-,22-,27-/m0/s1. The van der Waals surface area contributed by atoms with Gasteiger partial charge in [-0.25, -0.2) is 9.18 Å². The van der Waals surface area contributed by atoms with Crippen LogP contribution in [0.3, 0.4) is 0 Å². The maximum atomic E-state index is 14.8. The van der Waals surface area contributed by atoms with E-state index in [2.05, 4.69) is 11.4 Å². The minimum Gasteiger partial charge on any atom is -0.445 e. The predicted molar refractivity (Wildman–Crippen MR) is 130 cm³/mol. The molecule has 188 valence electrons. The zero-order valence-corrected chi connectivity index (χ0v) is 20.5. The summed E-state index contributed by atoms with van der Waals surface area (Å²) in [5, 5.41) is 12.7. The van der Waals surface area contributed by atoms with E-state index in [1.54, 1.807) is 30.3 Å². The van der Waals surface area contributed by atoms with Crippen molar-refractivity contribution >= 4 is 23.6 Å². The molecular formula is C27H29FN4O4. The molecule has 0 radical (unpaired) electrons. The second-order valence-corrected chi connectivity index (χ2v) is 9.99. The zero-order chi connectivity index (χ0) is 26.1. The van der Waals surface area contributed by atoms with Crippen molar-refractivity contribution in [3.63, 3.8) is 0 Å². The number of halogens is 1. The molecule has 2 aliphatic rings. The van der Waals surface area contributed by atoms with Crippen LogP contribution in [0.2, 0.25) is 0 Å². The van der Waals surface area contributed by atoms with E-state index < -0.39 is 35.2 Å². The number of likely N-dealkylation sites (tertiary alicyclic amines) is 1. The lowest BCUT2D eigenvalue weighted by Crippen LogP contribution is -2.53. The van der Waals surface area contributed by atoms with Crippen LogP contribution in [0.1, 0.15) is 37.8 Å². The molecule has 2 aromatic carbocycles. The molecule has 0 unspecified atom stereocenters. The molecule has 1 saturated heterocycles. The second kappa shape index (κ2) is 9.61. The minimum atomic E-state index is -1.79. The SMILES string of the molecule is CN(C(=O)OCc1ccccc1)[C@@H](CC(C)(C)F)C(=O)N1C[C@]2(C[C@H]1C#N)C(=O)Nc1ccccc12. The second-order valence-electron chi connectivity index (χ2n) is 9.99. The number of hydrogen-bond acceptors (Lipinski definition) is 5. The first-order chi connectivity index (χ1) is 17.1. The Morgan fingerprint density at radius 1 is 1.25 bits per heavy atom. The summed E-state index contributed by atoms with van der Waals surface area (Å²) >= 11 is 0. The third-order valence-electron chi connectivity index (χ3n) is 6.84. The van der Waals surface area contributed by atoms with Crippen LogP contribution in [0.4, 0.5) is 14.9 Å². The van der Waals surface area contributed by atoms with Gasteiger partial charge < -0.3 is 15.0 Å². The number of fused-ring (bicyclic) bond motifs is 2. The third-order valence-corrected chi connectivity index (χ3v) is 6.84. The first kappa shape index (κ1) is 25.2. The van der Waals surface area contributed by atoms with Crippen molar-refractivity contribution in [2.75, 3.05) is 18.9 Å². The van der Waals surface area contributed by atoms with Crippen LogP contribution in [0.15, 0.2) is 54.6 Å². The normalized spacial score (nSPS) is 21.5. The molecule has 1 spiro atoms. The van der Waals surface area contributed by atoms with Gasteiger partial charge in [-0.15, -0.1) is 0 Å². The molecule has 1 fully saturated rings. The van der Waals surface area contributed by atoms with Crippen molar-refractivity contribution in [2.45, 2.75) is 56.5 Å². The molecule has 0 aromatic heterocycles. The molecule has 0 bridgehead atoms. The van der Waals surface area contributed by atoms with Crippen LogP contribution in [0.5, 0.6) is 0 Å².